The van der Waals surface area contributed by atoms with Crippen LogP contribution >= 0.6 is 0 Å². The molecule has 0 amide bonds. The van der Waals surface area contributed by atoms with Crippen molar-refractivity contribution in [2.45, 2.75) is 44.1 Å². The summed E-state index contributed by atoms with van der Waals surface area (Å²) in [5, 5.41) is 9.77. The first-order valence-electron chi connectivity index (χ1n) is 5.21. The number of aliphatic hydroxyl groups is 1. The minimum Gasteiger partial charge on any atom is -0.375 e. The standard InChI is InChI=1S/C11H18O4/c1-5-7(13-4)8-6(2)9-11(3,15-9)10(12)14-8/h5-10,12H,1H2,2-4H3/t6-,7-,8-,9+,10-,11+/m0/s1. The Balaban J connectivity index is 2.12. The van der Waals surface area contributed by atoms with E-state index in [1.165, 1.54) is 0 Å². The lowest BCUT2D eigenvalue weighted by atomic mass is 9.86. The van der Waals surface area contributed by atoms with E-state index in [2.05, 4.69) is 6.58 Å². The molecule has 4 nitrogen and oxygen atoms in total. The van der Waals surface area contributed by atoms with Gasteiger partial charge in [0.2, 0.25) is 0 Å². The monoisotopic (exact) mass is 214 g/mol. The van der Waals surface area contributed by atoms with E-state index < -0.39 is 11.9 Å². The van der Waals surface area contributed by atoms with Crippen LogP contribution in [0, 0.1) is 5.92 Å². The summed E-state index contributed by atoms with van der Waals surface area (Å²) < 4.78 is 16.3. The lowest BCUT2D eigenvalue weighted by molar-refractivity contribution is -0.211. The molecule has 1 N–H and O–H groups in total. The van der Waals surface area contributed by atoms with E-state index in [1.54, 1.807) is 13.2 Å². The Morgan fingerprint density at radius 1 is 1.60 bits per heavy atom. The lowest BCUT2D eigenvalue weighted by Crippen LogP contribution is -2.50. The highest BCUT2D eigenvalue weighted by Gasteiger charge is 2.66. The Morgan fingerprint density at radius 2 is 2.27 bits per heavy atom. The second kappa shape index (κ2) is 3.56. The summed E-state index contributed by atoms with van der Waals surface area (Å²) in [6.07, 6.45) is 0.482. The van der Waals surface area contributed by atoms with E-state index in [0.717, 1.165) is 0 Å². The van der Waals surface area contributed by atoms with Gasteiger partial charge in [-0.25, -0.2) is 0 Å². The van der Waals surface area contributed by atoms with Crippen molar-refractivity contribution in [1.29, 1.82) is 0 Å². The first-order valence-corrected chi connectivity index (χ1v) is 5.21. The van der Waals surface area contributed by atoms with E-state index >= 15 is 0 Å². The molecule has 2 aliphatic heterocycles. The molecule has 0 aromatic carbocycles. The topological polar surface area (TPSA) is 51.2 Å². The van der Waals surface area contributed by atoms with Crippen molar-refractivity contribution < 1.29 is 19.3 Å². The van der Waals surface area contributed by atoms with Crippen LogP contribution in [0.3, 0.4) is 0 Å². The molecule has 86 valence electrons. The van der Waals surface area contributed by atoms with Gasteiger partial charge in [0.05, 0.1) is 12.2 Å². The minimum absolute atomic E-state index is 0.0591. The predicted octanol–water partition coefficient (Wildman–Crippen LogP) is 0.698. The summed E-state index contributed by atoms with van der Waals surface area (Å²) in [7, 11) is 1.61. The lowest BCUT2D eigenvalue weighted by Gasteiger charge is -2.35. The van der Waals surface area contributed by atoms with Crippen LogP contribution in [0.1, 0.15) is 13.8 Å². The van der Waals surface area contributed by atoms with Crippen LogP contribution < -0.4 is 0 Å². The summed E-state index contributed by atoms with van der Waals surface area (Å²) in [4.78, 5) is 0. The fourth-order valence-corrected chi connectivity index (χ4v) is 2.39. The minimum atomic E-state index is -0.874. The van der Waals surface area contributed by atoms with Gasteiger partial charge < -0.3 is 19.3 Å². The zero-order valence-electron chi connectivity index (χ0n) is 9.34. The molecule has 0 unspecified atom stereocenters. The normalized spacial score (nSPS) is 50.7. The van der Waals surface area contributed by atoms with E-state index in [0.29, 0.717) is 0 Å². The van der Waals surface area contributed by atoms with Crippen LogP contribution in [0.15, 0.2) is 12.7 Å². The fraction of sp³-hybridized carbons (Fsp3) is 0.818. The molecular formula is C11H18O4. The fourth-order valence-electron chi connectivity index (χ4n) is 2.39. The molecule has 0 radical (unpaired) electrons. The summed E-state index contributed by atoms with van der Waals surface area (Å²) >= 11 is 0. The van der Waals surface area contributed by atoms with Gasteiger partial charge >= 0.3 is 0 Å². The van der Waals surface area contributed by atoms with Crippen molar-refractivity contribution in [2.24, 2.45) is 5.92 Å². The highest BCUT2D eigenvalue weighted by Crippen LogP contribution is 2.50. The number of hydrogen-bond acceptors (Lipinski definition) is 4. The zero-order valence-corrected chi connectivity index (χ0v) is 9.34. The Morgan fingerprint density at radius 3 is 2.80 bits per heavy atom. The maximum atomic E-state index is 9.77. The van der Waals surface area contributed by atoms with Crippen LogP contribution in [0.25, 0.3) is 0 Å². The SMILES string of the molecule is C=C[C@H](OC)[C@H]1O[C@H](O)[C@]2(C)O[C@@H]2[C@H]1C. The summed E-state index contributed by atoms with van der Waals surface area (Å²) in [6.45, 7) is 7.60. The number of methoxy groups -OCH3 is 1. The molecule has 0 saturated carbocycles. The molecule has 6 atom stereocenters. The Hall–Kier alpha value is -0.420. The third kappa shape index (κ3) is 1.52. The van der Waals surface area contributed by atoms with Crippen molar-refractivity contribution in [3.05, 3.63) is 12.7 Å². The summed E-state index contributed by atoms with van der Waals surface area (Å²) in [6, 6.07) is 0. The molecule has 0 aromatic heterocycles. The van der Waals surface area contributed by atoms with Gasteiger partial charge in [-0.05, 0) is 6.92 Å². The molecule has 0 aliphatic carbocycles. The van der Waals surface area contributed by atoms with Gasteiger partial charge in [0.15, 0.2) is 6.29 Å². The molecule has 2 saturated heterocycles. The van der Waals surface area contributed by atoms with E-state index in [-0.39, 0.29) is 24.2 Å². The van der Waals surface area contributed by atoms with Crippen LogP contribution in [0.2, 0.25) is 0 Å². The second-order valence-electron chi connectivity index (χ2n) is 4.47. The molecule has 2 fully saturated rings. The van der Waals surface area contributed by atoms with Crippen LogP contribution in [-0.2, 0) is 14.2 Å². The third-order valence-corrected chi connectivity index (χ3v) is 3.49. The molecule has 0 spiro atoms. The van der Waals surface area contributed by atoms with Crippen LogP contribution in [0.4, 0.5) is 0 Å². The Bertz CT molecular complexity index is 267. The molecule has 4 heteroatoms. The highest BCUT2D eigenvalue weighted by molar-refractivity contribution is 5.11. The van der Waals surface area contributed by atoms with E-state index in [1.807, 2.05) is 13.8 Å². The van der Waals surface area contributed by atoms with Crippen LogP contribution in [0.5, 0.6) is 0 Å². The van der Waals surface area contributed by atoms with Gasteiger partial charge in [0, 0.05) is 13.0 Å². The van der Waals surface area contributed by atoms with Gasteiger partial charge in [-0.3, -0.25) is 0 Å². The molecule has 15 heavy (non-hydrogen) atoms. The molecule has 2 heterocycles. The smallest absolute Gasteiger partial charge is 0.186 e. The van der Waals surface area contributed by atoms with E-state index in [9.17, 15) is 5.11 Å². The zero-order chi connectivity index (χ0) is 11.2. The quantitative estimate of drug-likeness (QED) is 0.555. The van der Waals surface area contributed by atoms with Gasteiger partial charge in [-0.1, -0.05) is 13.0 Å². The third-order valence-electron chi connectivity index (χ3n) is 3.49. The predicted molar refractivity (Wildman–Crippen MR) is 54.3 cm³/mol. The van der Waals surface area contributed by atoms with Crippen molar-refractivity contribution in [2.75, 3.05) is 7.11 Å². The number of ether oxygens (including phenoxy) is 3. The molecule has 0 aromatic rings. The first kappa shape index (κ1) is 11.1. The number of epoxide rings is 1. The maximum absolute atomic E-state index is 9.77. The molecule has 2 aliphatic rings. The van der Waals surface area contributed by atoms with Gasteiger partial charge in [-0.15, -0.1) is 6.58 Å². The average molecular weight is 214 g/mol. The largest absolute Gasteiger partial charge is 0.375 e. The summed E-state index contributed by atoms with van der Waals surface area (Å²) in [5.74, 6) is 0.196. The van der Waals surface area contributed by atoms with Crippen molar-refractivity contribution in [1.82, 2.24) is 0 Å². The molecule has 2 rings (SSSR count). The van der Waals surface area contributed by atoms with Gasteiger partial charge in [-0.2, -0.15) is 0 Å². The van der Waals surface area contributed by atoms with Crippen molar-refractivity contribution in [3.63, 3.8) is 0 Å². The first-order chi connectivity index (χ1) is 7.04. The van der Waals surface area contributed by atoms with Gasteiger partial charge in [0.1, 0.15) is 11.7 Å². The van der Waals surface area contributed by atoms with Crippen molar-refractivity contribution in [3.8, 4) is 0 Å². The van der Waals surface area contributed by atoms with Gasteiger partial charge in [0.25, 0.3) is 0 Å². The highest BCUT2D eigenvalue weighted by atomic mass is 16.7. The summed E-state index contributed by atoms with van der Waals surface area (Å²) in [5.41, 5.74) is -0.518. The Labute approximate surface area is 89.8 Å². The number of aliphatic hydroxyl groups excluding tert-OH is 1. The van der Waals surface area contributed by atoms with E-state index in [4.69, 9.17) is 14.2 Å². The molecular weight excluding hydrogens is 196 g/mol. The number of hydrogen-bond donors (Lipinski definition) is 1. The maximum Gasteiger partial charge on any atom is 0.186 e. The molecule has 0 bridgehead atoms. The number of fused-ring (bicyclic) bond motifs is 1. The average Bonchev–Trinajstić information content (AvgIpc) is 2.90. The second-order valence-corrected chi connectivity index (χ2v) is 4.47. The Kier molecular flexibility index (Phi) is 2.63. The van der Waals surface area contributed by atoms with Crippen molar-refractivity contribution >= 4 is 0 Å². The number of rotatable bonds is 3. The van der Waals surface area contributed by atoms with Crippen LogP contribution in [-0.4, -0.2) is 42.4 Å².